The molecule has 0 spiro atoms. The van der Waals surface area contributed by atoms with Gasteiger partial charge in [-0.3, -0.25) is 4.79 Å². The molecule has 3 N–H and O–H groups in total. The molecule has 0 fully saturated rings. The van der Waals surface area contributed by atoms with E-state index in [4.69, 9.17) is 5.73 Å². The highest BCUT2D eigenvalue weighted by Gasteiger charge is 2.14. The van der Waals surface area contributed by atoms with Crippen LogP contribution < -0.4 is 11.1 Å². The third-order valence-corrected chi connectivity index (χ3v) is 3.45. The van der Waals surface area contributed by atoms with Gasteiger partial charge in [0.05, 0.1) is 0 Å². The van der Waals surface area contributed by atoms with Crippen LogP contribution in [-0.4, -0.2) is 18.5 Å². The summed E-state index contributed by atoms with van der Waals surface area (Å²) in [5.41, 5.74) is 6.65. The molecule has 0 radical (unpaired) electrons. The fraction of sp³-hybridized carbons (Fsp3) is 0.462. The van der Waals surface area contributed by atoms with Gasteiger partial charge in [-0.2, -0.15) is 0 Å². The van der Waals surface area contributed by atoms with Gasteiger partial charge in [0.15, 0.2) is 0 Å². The van der Waals surface area contributed by atoms with Gasteiger partial charge in [-0.1, -0.05) is 41.1 Å². The second kappa shape index (κ2) is 8.51. The Morgan fingerprint density at radius 1 is 1.39 bits per heavy atom. The zero-order valence-electron chi connectivity index (χ0n) is 10.7. The van der Waals surface area contributed by atoms with Crippen LogP contribution in [0.3, 0.4) is 0 Å². The minimum Gasteiger partial charge on any atom is -0.353 e. The molecule has 0 saturated heterocycles. The molecule has 1 amide bonds. The first-order chi connectivity index (χ1) is 8.04. The highest BCUT2D eigenvalue weighted by Crippen LogP contribution is 2.17. The molecule has 2 atom stereocenters. The number of benzene rings is 1. The summed E-state index contributed by atoms with van der Waals surface area (Å²) in [4.78, 5) is 11.7. The molecule has 1 rings (SSSR count). The first-order valence-electron chi connectivity index (χ1n) is 5.78. The molecular weight excluding hydrogens is 316 g/mol. The van der Waals surface area contributed by atoms with Gasteiger partial charge in [0, 0.05) is 23.0 Å². The molecule has 2 unspecified atom stereocenters. The number of halogens is 2. The number of hydrogen-bond donors (Lipinski definition) is 2. The molecule has 0 heterocycles. The van der Waals surface area contributed by atoms with E-state index in [-0.39, 0.29) is 30.3 Å². The molecule has 0 aromatic heterocycles. The topological polar surface area (TPSA) is 55.1 Å². The van der Waals surface area contributed by atoms with Crippen LogP contribution >= 0.6 is 28.3 Å². The lowest BCUT2D eigenvalue weighted by Crippen LogP contribution is -2.39. The summed E-state index contributed by atoms with van der Waals surface area (Å²) in [5, 5.41) is 2.97. The Kier molecular flexibility index (Phi) is 8.24. The maximum atomic E-state index is 11.7. The minimum atomic E-state index is -0.128. The number of nitrogens with two attached hydrogens (primary N) is 1. The predicted octanol–water partition coefficient (Wildman–Crippen LogP) is 2.51. The fourth-order valence-electron chi connectivity index (χ4n) is 1.54. The van der Waals surface area contributed by atoms with Gasteiger partial charge < -0.3 is 11.1 Å². The van der Waals surface area contributed by atoms with Crippen LogP contribution in [0.15, 0.2) is 28.7 Å². The number of hydrogen-bond acceptors (Lipinski definition) is 2. The van der Waals surface area contributed by atoms with Crippen LogP contribution in [0.4, 0.5) is 0 Å². The zero-order valence-corrected chi connectivity index (χ0v) is 13.1. The van der Waals surface area contributed by atoms with Gasteiger partial charge >= 0.3 is 0 Å². The summed E-state index contributed by atoms with van der Waals surface area (Å²) < 4.78 is 1.08. The fourth-order valence-corrected chi connectivity index (χ4v) is 1.98. The van der Waals surface area contributed by atoms with Gasteiger partial charge in [-0.05, 0) is 25.0 Å². The van der Waals surface area contributed by atoms with E-state index in [1.54, 1.807) is 0 Å². The highest BCUT2D eigenvalue weighted by atomic mass is 79.9. The molecule has 3 nitrogen and oxygen atoms in total. The molecule has 0 aliphatic heterocycles. The van der Waals surface area contributed by atoms with E-state index in [0.29, 0.717) is 6.54 Å². The van der Waals surface area contributed by atoms with Crippen molar-refractivity contribution in [1.29, 1.82) is 0 Å². The van der Waals surface area contributed by atoms with Crippen molar-refractivity contribution < 1.29 is 4.79 Å². The Labute approximate surface area is 123 Å². The predicted molar refractivity (Wildman–Crippen MR) is 80.9 cm³/mol. The summed E-state index contributed by atoms with van der Waals surface area (Å²) in [6.45, 7) is 4.22. The van der Waals surface area contributed by atoms with Gasteiger partial charge in [0.2, 0.25) is 5.91 Å². The Hall–Kier alpha value is -0.580. The largest absolute Gasteiger partial charge is 0.353 e. The van der Waals surface area contributed by atoms with E-state index in [0.717, 1.165) is 10.9 Å². The van der Waals surface area contributed by atoms with Crippen molar-refractivity contribution in [2.24, 2.45) is 11.7 Å². The third-order valence-electron chi connectivity index (χ3n) is 2.67. The molecule has 102 valence electrons. The van der Waals surface area contributed by atoms with Gasteiger partial charge in [0.1, 0.15) is 0 Å². The van der Waals surface area contributed by atoms with Gasteiger partial charge in [-0.15, -0.1) is 12.4 Å². The number of rotatable bonds is 5. The Morgan fingerprint density at radius 2 is 2.00 bits per heavy atom. The molecular formula is C13H20BrClN2O. The first-order valence-corrected chi connectivity index (χ1v) is 6.57. The van der Waals surface area contributed by atoms with Crippen molar-refractivity contribution in [3.05, 3.63) is 34.3 Å². The molecule has 0 aliphatic rings. The highest BCUT2D eigenvalue weighted by molar-refractivity contribution is 9.10. The lowest BCUT2D eigenvalue weighted by Gasteiger charge is -2.17. The van der Waals surface area contributed by atoms with E-state index >= 15 is 0 Å². The maximum absolute atomic E-state index is 11.7. The van der Waals surface area contributed by atoms with Crippen molar-refractivity contribution in [2.45, 2.75) is 26.3 Å². The lowest BCUT2D eigenvalue weighted by atomic mass is 10.1. The molecule has 5 heteroatoms. The molecule has 0 bridgehead atoms. The molecule has 1 aromatic carbocycles. The molecule has 18 heavy (non-hydrogen) atoms. The van der Waals surface area contributed by atoms with E-state index in [1.807, 2.05) is 32.0 Å². The van der Waals surface area contributed by atoms with E-state index in [9.17, 15) is 4.79 Å². The van der Waals surface area contributed by atoms with Crippen molar-refractivity contribution >= 4 is 34.2 Å². The molecule has 0 saturated carbocycles. The van der Waals surface area contributed by atoms with Crippen LogP contribution in [0.5, 0.6) is 0 Å². The smallest absolute Gasteiger partial charge is 0.224 e. The summed E-state index contributed by atoms with van der Waals surface area (Å²) in [7, 11) is 0. The summed E-state index contributed by atoms with van der Waals surface area (Å²) in [5.74, 6) is -0.108. The molecule has 0 aliphatic carbocycles. The Bertz CT molecular complexity index is 387. The standard InChI is InChI=1S/C13H19BrN2O.ClH/c1-9(8-15)13(17)16-10(2)7-11-5-3-4-6-12(11)14;/h3-6,9-10H,7-8,15H2,1-2H3,(H,16,17);1H. The summed E-state index contributed by atoms with van der Waals surface area (Å²) >= 11 is 3.50. The second-order valence-electron chi connectivity index (χ2n) is 4.34. The SMILES string of the molecule is CC(Cc1ccccc1Br)NC(=O)C(C)CN.Cl. The van der Waals surface area contributed by atoms with Crippen molar-refractivity contribution in [3.8, 4) is 0 Å². The van der Waals surface area contributed by atoms with Crippen molar-refractivity contribution in [1.82, 2.24) is 5.32 Å². The third kappa shape index (κ3) is 5.38. The Balaban J connectivity index is 0.00000289. The number of carbonyl (C=O) groups is 1. The summed E-state index contributed by atoms with van der Waals surface area (Å²) in [6.07, 6.45) is 0.810. The zero-order chi connectivity index (χ0) is 12.8. The maximum Gasteiger partial charge on any atom is 0.224 e. The van der Waals surface area contributed by atoms with Crippen LogP contribution in [-0.2, 0) is 11.2 Å². The van der Waals surface area contributed by atoms with Crippen LogP contribution in [0.1, 0.15) is 19.4 Å². The normalized spacial score (nSPS) is 13.3. The quantitative estimate of drug-likeness (QED) is 0.868. The van der Waals surface area contributed by atoms with E-state index < -0.39 is 0 Å². The van der Waals surface area contributed by atoms with Crippen molar-refractivity contribution in [2.75, 3.05) is 6.54 Å². The number of carbonyl (C=O) groups excluding carboxylic acids is 1. The number of nitrogens with one attached hydrogen (secondary N) is 1. The summed E-state index contributed by atoms with van der Waals surface area (Å²) in [6, 6.07) is 8.14. The first kappa shape index (κ1) is 17.4. The van der Waals surface area contributed by atoms with Crippen LogP contribution in [0, 0.1) is 5.92 Å². The minimum absolute atomic E-state index is 0. The molecule has 1 aromatic rings. The van der Waals surface area contributed by atoms with Crippen LogP contribution in [0.25, 0.3) is 0 Å². The van der Waals surface area contributed by atoms with Crippen LogP contribution in [0.2, 0.25) is 0 Å². The average Bonchev–Trinajstić information content (AvgIpc) is 2.31. The average molecular weight is 336 g/mol. The number of amides is 1. The van der Waals surface area contributed by atoms with E-state index in [1.165, 1.54) is 5.56 Å². The Morgan fingerprint density at radius 3 is 2.56 bits per heavy atom. The van der Waals surface area contributed by atoms with Crippen molar-refractivity contribution in [3.63, 3.8) is 0 Å². The van der Waals surface area contributed by atoms with E-state index in [2.05, 4.69) is 27.3 Å². The van der Waals surface area contributed by atoms with Gasteiger partial charge in [0.25, 0.3) is 0 Å². The lowest BCUT2D eigenvalue weighted by molar-refractivity contribution is -0.124. The second-order valence-corrected chi connectivity index (χ2v) is 5.20. The monoisotopic (exact) mass is 334 g/mol. The van der Waals surface area contributed by atoms with Gasteiger partial charge in [-0.25, -0.2) is 0 Å².